The molecule has 0 fully saturated rings. The molecule has 0 aromatic heterocycles. The maximum absolute atomic E-state index is 3.25. The van der Waals surface area contributed by atoms with Crippen LogP contribution >= 0.6 is 41.4 Å². The van der Waals surface area contributed by atoms with Crippen molar-refractivity contribution in [1.82, 2.24) is 0 Å². The molecule has 6 heavy (non-hydrogen) atoms. The molecule has 2 nitrogen and oxygen atoms in total. The van der Waals surface area contributed by atoms with Gasteiger partial charge in [0.2, 0.25) is 0 Å². The van der Waals surface area contributed by atoms with Crippen molar-refractivity contribution < 1.29 is 20.4 Å². The van der Waals surface area contributed by atoms with Gasteiger partial charge in [-0.3, -0.25) is 0 Å². The van der Waals surface area contributed by atoms with Crippen LogP contribution < -0.4 is 0 Å². The molecular formula is H4Br3O2V. The van der Waals surface area contributed by atoms with Crippen LogP contribution in [0.2, 0.25) is 0 Å². The van der Waals surface area contributed by atoms with E-state index in [-0.39, 0.29) is 11.0 Å². The zero-order valence-corrected chi connectivity index (χ0v) is 8.74. The first-order valence-corrected chi connectivity index (χ1v) is 10.9. The minimum absolute atomic E-state index is 0. The van der Waals surface area contributed by atoms with Crippen LogP contribution in [-0.4, -0.2) is 11.0 Å². The van der Waals surface area contributed by atoms with Gasteiger partial charge in [-0.15, -0.1) is 0 Å². The average Bonchev–Trinajstić information content (AvgIpc) is 0.811. The quantitative estimate of drug-likeness (QED) is 0.634. The fourth-order valence-electron chi connectivity index (χ4n) is 0. The Kier molecular flexibility index (Phi) is 26.2. The van der Waals surface area contributed by atoms with E-state index in [0.717, 1.165) is 0 Å². The Bertz CT molecular complexity index is 13.5. The number of hydrogen-bond acceptors (Lipinski definition) is 0. The van der Waals surface area contributed by atoms with E-state index in [1.165, 1.54) is 0 Å². The van der Waals surface area contributed by atoms with E-state index in [4.69, 9.17) is 0 Å². The molecular weight excluding hydrogens is 323 g/mol. The van der Waals surface area contributed by atoms with Gasteiger partial charge in [-0.25, -0.2) is 0 Å². The molecule has 0 aliphatic carbocycles. The molecule has 0 aromatic carbocycles. The van der Waals surface area contributed by atoms with Crippen LogP contribution in [-0.2, 0) is 9.46 Å². The van der Waals surface area contributed by atoms with Gasteiger partial charge in [0.1, 0.15) is 0 Å². The molecule has 0 aromatic rings. The van der Waals surface area contributed by atoms with Gasteiger partial charge in [-0.2, -0.15) is 0 Å². The van der Waals surface area contributed by atoms with Crippen molar-refractivity contribution in [2.45, 2.75) is 0 Å². The van der Waals surface area contributed by atoms with Crippen molar-refractivity contribution in [3.63, 3.8) is 0 Å². The Balaban J connectivity index is -0.0000000450. The van der Waals surface area contributed by atoms with Crippen LogP contribution in [0.4, 0.5) is 0 Å². The zero-order valence-electron chi connectivity index (χ0n) is 2.58. The van der Waals surface area contributed by atoms with Gasteiger partial charge in [0, 0.05) is 0 Å². The van der Waals surface area contributed by atoms with Gasteiger partial charge < -0.3 is 11.0 Å². The van der Waals surface area contributed by atoms with E-state index in [0.29, 0.717) is 0 Å². The second-order valence-electron chi connectivity index (χ2n) is 0.192. The van der Waals surface area contributed by atoms with E-state index in [9.17, 15) is 0 Å². The first-order chi connectivity index (χ1) is 1.73. The molecule has 0 atom stereocenters. The molecule has 0 rings (SSSR count). The summed E-state index contributed by atoms with van der Waals surface area (Å²) in [6.07, 6.45) is 0. The SMILES string of the molecule is O.O.[Br][V]([Br])[Br]. The predicted octanol–water partition coefficient (Wildman–Crippen LogP) is 0.885. The minimum atomic E-state index is -0.750. The normalized spacial score (nSPS) is 6.00. The summed E-state index contributed by atoms with van der Waals surface area (Å²) in [7, 11) is -0.750. The van der Waals surface area contributed by atoms with Crippen molar-refractivity contribution in [3.8, 4) is 0 Å². The van der Waals surface area contributed by atoms with Crippen LogP contribution in [0.1, 0.15) is 0 Å². The fourth-order valence-corrected chi connectivity index (χ4v) is 0. The molecule has 0 radical (unpaired) electrons. The Hall–Kier alpha value is 1.94. The maximum atomic E-state index is 3.25. The summed E-state index contributed by atoms with van der Waals surface area (Å²) in [6.45, 7) is 0. The van der Waals surface area contributed by atoms with E-state index in [1.807, 2.05) is 0 Å². The summed E-state index contributed by atoms with van der Waals surface area (Å²) in [5, 5.41) is 0. The van der Waals surface area contributed by atoms with Crippen LogP contribution in [0, 0.1) is 0 Å². The summed E-state index contributed by atoms with van der Waals surface area (Å²) in [5.74, 6) is 0. The van der Waals surface area contributed by atoms with Gasteiger partial charge in [0.15, 0.2) is 0 Å². The number of hydrogen-bond donors (Lipinski definition) is 0. The van der Waals surface area contributed by atoms with E-state index < -0.39 is 9.46 Å². The predicted molar refractivity (Wildman–Crippen MR) is 34.0 cm³/mol. The Morgan fingerprint density at radius 3 is 0.833 bits per heavy atom. The van der Waals surface area contributed by atoms with Gasteiger partial charge in [0.25, 0.3) is 0 Å². The van der Waals surface area contributed by atoms with E-state index >= 15 is 0 Å². The molecule has 4 N–H and O–H groups in total. The van der Waals surface area contributed by atoms with Crippen LogP contribution in [0.15, 0.2) is 0 Å². The van der Waals surface area contributed by atoms with Gasteiger partial charge in [-0.1, -0.05) is 0 Å². The molecule has 6 heteroatoms. The number of halogens is 3. The van der Waals surface area contributed by atoms with Crippen LogP contribution in [0.5, 0.6) is 0 Å². The van der Waals surface area contributed by atoms with Gasteiger partial charge >= 0.3 is 50.9 Å². The summed E-state index contributed by atoms with van der Waals surface area (Å²) in [4.78, 5) is 0. The molecule has 0 amide bonds. The van der Waals surface area contributed by atoms with E-state index in [1.54, 1.807) is 0 Å². The fraction of sp³-hybridized carbons (Fsp3) is 0. The molecule has 0 unspecified atom stereocenters. The monoisotopic (exact) mass is 324 g/mol. The molecule has 0 heterocycles. The molecule has 42 valence electrons. The van der Waals surface area contributed by atoms with Crippen molar-refractivity contribution in [3.05, 3.63) is 0 Å². The van der Waals surface area contributed by atoms with Crippen LogP contribution in [0.3, 0.4) is 0 Å². The van der Waals surface area contributed by atoms with Crippen LogP contribution in [0.25, 0.3) is 0 Å². The summed E-state index contributed by atoms with van der Waals surface area (Å²) in [5.41, 5.74) is 0. The topological polar surface area (TPSA) is 63.0 Å². The first kappa shape index (κ1) is 15.7. The third-order valence-electron chi connectivity index (χ3n) is 0. The van der Waals surface area contributed by atoms with E-state index in [2.05, 4.69) is 41.4 Å². The third-order valence-corrected chi connectivity index (χ3v) is 0. The Labute approximate surface area is 61.3 Å². The Morgan fingerprint density at radius 2 is 0.833 bits per heavy atom. The molecule has 0 spiro atoms. The van der Waals surface area contributed by atoms with Crippen molar-refractivity contribution in [2.24, 2.45) is 0 Å². The molecule has 0 bridgehead atoms. The third kappa shape index (κ3) is 38.4. The summed E-state index contributed by atoms with van der Waals surface area (Å²) >= 11 is 9.75. The second kappa shape index (κ2) is 10.0. The van der Waals surface area contributed by atoms with Crippen molar-refractivity contribution in [1.29, 1.82) is 0 Å². The molecule has 0 saturated heterocycles. The molecule has 0 saturated carbocycles. The van der Waals surface area contributed by atoms with Crippen molar-refractivity contribution >= 4 is 41.4 Å². The standard InChI is InChI=1S/3BrH.2H2O.V/h3*1H;2*1H2;/q;;;;;+3/p-3. The van der Waals surface area contributed by atoms with Crippen molar-refractivity contribution in [2.75, 3.05) is 0 Å². The number of rotatable bonds is 0. The first-order valence-electron chi connectivity index (χ1n) is 0.507. The molecule has 0 aliphatic heterocycles. The average molecular weight is 327 g/mol. The summed E-state index contributed by atoms with van der Waals surface area (Å²) in [6, 6.07) is 0. The molecule has 0 aliphatic rings. The second-order valence-corrected chi connectivity index (χ2v) is 21.3. The van der Waals surface area contributed by atoms with Gasteiger partial charge in [-0.05, 0) is 0 Å². The summed E-state index contributed by atoms with van der Waals surface area (Å²) < 4.78 is 0. The Morgan fingerprint density at radius 1 is 0.833 bits per heavy atom. The van der Waals surface area contributed by atoms with Gasteiger partial charge in [0.05, 0.1) is 0 Å². The zero-order chi connectivity index (χ0) is 3.58.